The van der Waals surface area contributed by atoms with Crippen LogP contribution in [0.2, 0.25) is 0 Å². The van der Waals surface area contributed by atoms with Crippen LogP contribution in [0.3, 0.4) is 0 Å². The first-order valence-corrected chi connectivity index (χ1v) is 15.7. The van der Waals surface area contributed by atoms with Gasteiger partial charge in [0.05, 0.1) is 33.4 Å². The Bertz CT molecular complexity index is 2440. The first-order chi connectivity index (χ1) is 23.1. The number of hydrogen-bond donors (Lipinski definition) is 0. The maximum Gasteiger partial charge on any atom is 0.200 e. The van der Waals surface area contributed by atoms with E-state index in [9.17, 15) is 0 Å². The number of fused-ring (bicyclic) bond motifs is 9. The lowest BCUT2D eigenvalue weighted by atomic mass is 9.99. The quantitative estimate of drug-likeness (QED) is 0.102. The van der Waals surface area contributed by atoms with E-state index in [0.29, 0.717) is 0 Å². The molecule has 0 saturated carbocycles. The summed E-state index contributed by atoms with van der Waals surface area (Å²) in [6.07, 6.45) is 11.6. The van der Waals surface area contributed by atoms with E-state index in [1.54, 1.807) is 12.4 Å². The largest absolute Gasteiger partial charge is 0.349 e. The van der Waals surface area contributed by atoms with Crippen LogP contribution in [0.5, 0.6) is 0 Å². The zero-order chi connectivity index (χ0) is 33.4. The maximum absolute atomic E-state index is 5.35. The van der Waals surface area contributed by atoms with Crippen LogP contribution < -0.4 is 0 Å². The van der Waals surface area contributed by atoms with Crippen LogP contribution in [0, 0.1) is 0 Å². The average molecular weight is 637 g/mol. The normalized spacial score (nSPS) is 11.8. The number of guanidine groups is 2. The number of aliphatic imine (C=N–C) groups is 2. The molecule has 0 radical (unpaired) electrons. The number of pyridine rings is 4. The molecule has 8 rings (SSSR count). The van der Waals surface area contributed by atoms with Crippen molar-refractivity contribution in [3.8, 4) is 0 Å². The number of rotatable bonds is 2. The zero-order valence-corrected chi connectivity index (χ0v) is 28.3. The van der Waals surface area contributed by atoms with Crippen molar-refractivity contribution < 1.29 is 0 Å². The molecule has 12 heteroatoms. The van der Waals surface area contributed by atoms with Crippen LogP contribution in [0.15, 0.2) is 83.6 Å². The van der Waals surface area contributed by atoms with Gasteiger partial charge < -0.3 is 28.4 Å². The van der Waals surface area contributed by atoms with E-state index >= 15 is 0 Å². The standard InChI is InChI=1S/C36H36N12/c1-43(2)35(44(3)4)41-31-22-11-9-21-10-12-23-32(42-36(45(5)6)46(7)8)25-20-48-16-14-38-29(48)18-27(25)40-34(23)30(21)33(22)39-26-17-28-37-13-15-47(28)19-24(26)31/h9-20H,1-8H3. The van der Waals surface area contributed by atoms with Gasteiger partial charge in [0.15, 0.2) is 0 Å². The summed E-state index contributed by atoms with van der Waals surface area (Å²) in [6, 6.07) is 12.6. The van der Waals surface area contributed by atoms with Crippen LogP contribution in [0.1, 0.15) is 0 Å². The average Bonchev–Trinajstić information content (AvgIpc) is 3.70. The lowest BCUT2D eigenvalue weighted by Gasteiger charge is -2.23. The molecular formula is C36H36N12. The SMILES string of the molecule is CN(C)C(=Nc1c2cn3ccnc3cc2nc2c1ccc1ccc3c(N=C(N(C)C)N(C)C)c4cn5ccnc5cc4nc3c12)N(C)C. The Morgan fingerprint density at radius 3 is 1.38 bits per heavy atom. The number of imidazole rings is 2. The summed E-state index contributed by atoms with van der Waals surface area (Å²) in [5.74, 6) is 1.63. The van der Waals surface area contributed by atoms with Gasteiger partial charge in [0.2, 0.25) is 11.9 Å². The molecule has 0 unspecified atom stereocenters. The van der Waals surface area contributed by atoms with Crippen molar-refractivity contribution >= 4 is 89.0 Å². The Hall–Kier alpha value is -6.04. The Morgan fingerprint density at radius 1 is 0.562 bits per heavy atom. The highest BCUT2D eigenvalue weighted by Crippen LogP contribution is 2.42. The predicted octanol–water partition coefficient (Wildman–Crippen LogP) is 5.76. The molecule has 0 aliphatic rings. The van der Waals surface area contributed by atoms with Gasteiger partial charge in [-0.25, -0.2) is 29.9 Å². The number of benzene rings is 2. The molecule has 0 aliphatic carbocycles. The second kappa shape index (κ2) is 10.8. The van der Waals surface area contributed by atoms with Crippen molar-refractivity contribution in [2.24, 2.45) is 9.98 Å². The van der Waals surface area contributed by atoms with Crippen molar-refractivity contribution in [1.29, 1.82) is 0 Å². The summed E-state index contributed by atoms with van der Waals surface area (Å²) in [6.45, 7) is 0. The molecule has 0 spiro atoms. The van der Waals surface area contributed by atoms with Gasteiger partial charge >= 0.3 is 0 Å². The molecule has 8 aromatic rings. The van der Waals surface area contributed by atoms with E-state index in [1.165, 1.54) is 0 Å². The van der Waals surface area contributed by atoms with E-state index in [2.05, 4.69) is 46.6 Å². The first kappa shape index (κ1) is 29.4. The topological polar surface area (TPSA) is 98.1 Å². The molecule has 240 valence electrons. The fraction of sp³-hybridized carbons (Fsp3) is 0.222. The van der Waals surface area contributed by atoms with E-state index in [1.807, 2.05) is 109 Å². The number of aromatic nitrogens is 6. The molecule has 6 aromatic heterocycles. The Morgan fingerprint density at radius 2 is 0.979 bits per heavy atom. The third kappa shape index (κ3) is 4.51. The first-order valence-electron chi connectivity index (χ1n) is 15.7. The summed E-state index contributed by atoms with van der Waals surface area (Å²) in [5.41, 5.74) is 6.56. The number of hydrogen-bond acceptors (Lipinski definition) is 6. The van der Waals surface area contributed by atoms with Crippen molar-refractivity contribution in [1.82, 2.24) is 48.3 Å². The fourth-order valence-corrected chi connectivity index (χ4v) is 6.62. The highest BCUT2D eigenvalue weighted by molar-refractivity contribution is 6.25. The fourth-order valence-electron chi connectivity index (χ4n) is 6.62. The summed E-state index contributed by atoms with van der Waals surface area (Å²) >= 11 is 0. The highest BCUT2D eigenvalue weighted by atomic mass is 15.3. The minimum atomic E-state index is 0.807. The monoisotopic (exact) mass is 636 g/mol. The van der Waals surface area contributed by atoms with Crippen molar-refractivity contribution in [3.05, 3.63) is 73.6 Å². The summed E-state index contributed by atoms with van der Waals surface area (Å²) in [4.78, 5) is 38.5. The number of nitrogens with zero attached hydrogens (tertiary/aromatic N) is 12. The van der Waals surface area contributed by atoms with Gasteiger partial charge in [0.1, 0.15) is 11.3 Å². The molecule has 0 amide bonds. The predicted molar refractivity (Wildman–Crippen MR) is 196 cm³/mol. The van der Waals surface area contributed by atoms with Crippen LogP contribution in [0.25, 0.3) is 65.7 Å². The molecule has 48 heavy (non-hydrogen) atoms. The molecule has 12 nitrogen and oxygen atoms in total. The van der Waals surface area contributed by atoms with Crippen molar-refractivity contribution in [2.75, 3.05) is 56.4 Å². The Labute approximate surface area is 276 Å². The molecule has 0 aliphatic heterocycles. The van der Waals surface area contributed by atoms with Crippen LogP contribution in [-0.2, 0) is 0 Å². The van der Waals surface area contributed by atoms with E-state index in [0.717, 1.165) is 89.0 Å². The van der Waals surface area contributed by atoms with Crippen LogP contribution in [-0.4, -0.2) is 117 Å². The third-order valence-corrected chi connectivity index (χ3v) is 8.66. The van der Waals surface area contributed by atoms with E-state index in [4.69, 9.17) is 20.0 Å². The lowest BCUT2D eigenvalue weighted by Crippen LogP contribution is -2.35. The van der Waals surface area contributed by atoms with Gasteiger partial charge in [-0.2, -0.15) is 0 Å². The maximum atomic E-state index is 5.35. The Kier molecular flexibility index (Phi) is 6.58. The van der Waals surface area contributed by atoms with Gasteiger partial charge in [-0.3, -0.25) is 0 Å². The summed E-state index contributed by atoms with van der Waals surface area (Å²) in [5, 5.41) is 5.70. The second-order valence-corrected chi connectivity index (χ2v) is 12.9. The van der Waals surface area contributed by atoms with Crippen LogP contribution in [0.4, 0.5) is 11.4 Å². The van der Waals surface area contributed by atoms with E-state index in [-0.39, 0.29) is 0 Å². The Balaban J connectivity index is 1.58. The second-order valence-electron chi connectivity index (χ2n) is 12.9. The molecule has 0 fully saturated rings. The van der Waals surface area contributed by atoms with Crippen molar-refractivity contribution in [3.63, 3.8) is 0 Å². The summed E-state index contributed by atoms with van der Waals surface area (Å²) < 4.78 is 4.02. The van der Waals surface area contributed by atoms with Gasteiger partial charge in [-0.05, 0) is 17.5 Å². The molecule has 0 N–H and O–H groups in total. The van der Waals surface area contributed by atoms with Gasteiger partial charge in [0.25, 0.3) is 0 Å². The van der Waals surface area contributed by atoms with Gasteiger partial charge in [-0.1, -0.05) is 12.1 Å². The smallest absolute Gasteiger partial charge is 0.200 e. The summed E-state index contributed by atoms with van der Waals surface area (Å²) in [7, 11) is 16.0. The molecular weight excluding hydrogens is 600 g/mol. The third-order valence-electron chi connectivity index (χ3n) is 8.66. The molecule has 2 aromatic carbocycles. The molecule has 0 saturated heterocycles. The zero-order valence-electron chi connectivity index (χ0n) is 28.3. The van der Waals surface area contributed by atoms with E-state index < -0.39 is 0 Å². The molecule has 6 heterocycles. The molecule has 0 bridgehead atoms. The lowest BCUT2D eigenvalue weighted by molar-refractivity contribution is 0.484. The van der Waals surface area contributed by atoms with Crippen molar-refractivity contribution in [2.45, 2.75) is 0 Å². The minimum Gasteiger partial charge on any atom is -0.349 e. The highest BCUT2D eigenvalue weighted by Gasteiger charge is 2.20. The van der Waals surface area contributed by atoms with Gasteiger partial charge in [-0.15, -0.1) is 0 Å². The van der Waals surface area contributed by atoms with Crippen LogP contribution >= 0.6 is 0 Å². The molecule has 0 atom stereocenters. The minimum absolute atomic E-state index is 0.807. The van der Waals surface area contributed by atoms with Gasteiger partial charge in [0, 0.05) is 133 Å².